The maximum atomic E-state index is 15.7. The molecule has 26 nitrogen and oxygen atoms in total. The lowest BCUT2D eigenvalue weighted by molar-refractivity contribution is -0.219. The summed E-state index contributed by atoms with van der Waals surface area (Å²) in [5.74, 6) is -17.2. The van der Waals surface area contributed by atoms with Crippen molar-refractivity contribution in [1.82, 2.24) is 60.0 Å². The van der Waals surface area contributed by atoms with E-state index in [4.69, 9.17) is 4.74 Å². The van der Waals surface area contributed by atoms with Gasteiger partial charge in [0.1, 0.15) is 72.1 Å². The predicted molar refractivity (Wildman–Crippen MR) is 380 cm³/mol. The Morgan fingerprint density at radius 3 is 1.79 bits per heavy atom. The summed E-state index contributed by atoms with van der Waals surface area (Å²) in [4.78, 5) is 192. The quantitative estimate of drug-likeness (QED) is 0.191. The molecule has 0 aromatic carbocycles. The Labute approximate surface area is 633 Å². The van der Waals surface area contributed by atoms with Gasteiger partial charge in [-0.25, -0.2) is 8.78 Å². The fraction of sp³-hybridized carbons (Fsp3) is 0.840. The van der Waals surface area contributed by atoms with E-state index in [0.29, 0.717) is 57.8 Å². The van der Waals surface area contributed by atoms with Crippen LogP contribution in [-0.4, -0.2) is 300 Å². The van der Waals surface area contributed by atoms with Gasteiger partial charge in [0.25, 0.3) is 0 Å². The number of aliphatic hydroxyl groups is 1. The first-order valence-corrected chi connectivity index (χ1v) is 39.2. The van der Waals surface area contributed by atoms with E-state index in [1.807, 2.05) is 13.8 Å². The van der Waals surface area contributed by atoms with E-state index < -0.39 is 243 Å². The summed E-state index contributed by atoms with van der Waals surface area (Å²) in [7, 11) is 8.02. The SMILES string of the molecule is CC[C@H](C)[C@@H]1NC(=O)[C@H](CC(C)C)N(C)C(=O)C[C@@H](C(=O)N2CCOCC2)N(C)C(=O)[C@H](C2CCCC2)N(C)C(=O)C2(CCC2)NC(=O)[C@@H]2C[C@@H](O)CN2C(=O)[C@H](CCC2CC(F)C(C(F)(F)F)C(F)C2)NC(=O)CN(C)C(=O)[C@H](CC2CCC(C(F)(F)F)CC2)N2CCCCC[C@@H](C2=O)N(C)C(=O)CN(C)C1=O. The van der Waals surface area contributed by atoms with Gasteiger partial charge in [-0.1, -0.05) is 59.8 Å². The van der Waals surface area contributed by atoms with E-state index in [9.17, 15) is 50.6 Å². The van der Waals surface area contributed by atoms with Crippen LogP contribution in [0.4, 0.5) is 35.1 Å². The number of aliphatic hydroxyl groups excluding tert-OH is 1. The average molecular weight is 1560 g/mol. The fourth-order valence-corrected chi connectivity index (χ4v) is 17.7. The third-order valence-corrected chi connectivity index (χ3v) is 24.7. The zero-order valence-electron chi connectivity index (χ0n) is 64.8. The van der Waals surface area contributed by atoms with E-state index >= 15 is 47.1 Å². The van der Waals surface area contributed by atoms with Crippen LogP contribution >= 0.6 is 0 Å². The standard InChI is InChI=1S/C75H116F8N12O14/c1-11-44(4)62-70(106)88(6)42-60(99)89(7)53-20-13-12-16-29-94(69(53)105)57(37-45-21-24-48(25-22-45)74(78,79)80)67(103)87(5)41-58(97)84-52(26-23-46-35-50(76)61(51(77)36-46)75(81,82)83)66(102)95-40-49(96)38-55(95)65(101)86-73(27-17-28-73)72(108)92(10)63(47-18-14-15-19-47)71(107)91(9)56(68(104)93-30-32-109-33-31-93)39-59(98)90(8)54(34-43(2)3)64(100)85-62/h43-57,61-63,96H,11-42H2,1-10H3,(H,84,97)(H,85,100)(H,86,101)/t44-,45?,46?,48?,49+,50?,51?,52-,53-,54-,55-,56-,57-,61?,62-,63-/m0/s1. The summed E-state index contributed by atoms with van der Waals surface area (Å²) in [6.07, 6.45) is -16.5. The van der Waals surface area contributed by atoms with Crippen LogP contribution in [0.25, 0.3) is 0 Å². The first kappa shape index (κ1) is 87.6. The van der Waals surface area contributed by atoms with Gasteiger partial charge in [-0.15, -0.1) is 0 Å². The van der Waals surface area contributed by atoms with Crippen LogP contribution in [0.2, 0.25) is 0 Å². The highest BCUT2D eigenvalue weighted by molar-refractivity contribution is 6.01. The van der Waals surface area contributed by atoms with Crippen LogP contribution in [-0.2, 0) is 62.3 Å². The van der Waals surface area contributed by atoms with Crippen LogP contribution in [0.1, 0.15) is 182 Å². The molecule has 0 aromatic heterocycles. The van der Waals surface area contributed by atoms with Crippen molar-refractivity contribution >= 4 is 70.9 Å². The minimum absolute atomic E-state index is 0.00178. The molecule has 2 bridgehead atoms. The Balaban J connectivity index is 1.19. The molecule has 8 aliphatic rings. The Hall–Kier alpha value is -7.00. The topological polar surface area (TPSA) is 300 Å². The van der Waals surface area contributed by atoms with Gasteiger partial charge in [-0.05, 0) is 139 Å². The van der Waals surface area contributed by atoms with Gasteiger partial charge in [0.15, 0.2) is 0 Å². The van der Waals surface area contributed by atoms with Crippen molar-refractivity contribution in [3.8, 4) is 0 Å². The number of carbonyl (C=O) groups excluding carboxylic acids is 12. The summed E-state index contributed by atoms with van der Waals surface area (Å²) in [5, 5.41) is 19.7. The molecular formula is C75H116F8N12O14. The molecule has 4 saturated carbocycles. The van der Waals surface area contributed by atoms with Crippen molar-refractivity contribution in [2.75, 3.05) is 94.8 Å². The lowest BCUT2D eigenvalue weighted by Gasteiger charge is -2.47. The highest BCUT2D eigenvalue weighted by atomic mass is 19.4. The molecule has 12 atom stereocenters. The van der Waals surface area contributed by atoms with Gasteiger partial charge in [-0.3, -0.25) is 57.5 Å². The van der Waals surface area contributed by atoms with Crippen molar-refractivity contribution in [1.29, 1.82) is 0 Å². The zero-order valence-corrected chi connectivity index (χ0v) is 64.8. The first-order chi connectivity index (χ1) is 51.2. The number of hydrogen-bond donors (Lipinski definition) is 4. The maximum Gasteiger partial charge on any atom is 0.397 e. The number of fused-ring (bicyclic) bond motifs is 3. The van der Waals surface area contributed by atoms with E-state index in [-0.39, 0.29) is 103 Å². The van der Waals surface area contributed by atoms with Crippen molar-refractivity contribution in [2.45, 2.75) is 266 Å². The minimum atomic E-state index is -5.23. The van der Waals surface area contributed by atoms with Crippen LogP contribution in [0.15, 0.2) is 0 Å². The van der Waals surface area contributed by atoms with Gasteiger partial charge < -0.3 is 69.9 Å². The Kier molecular flexibility index (Phi) is 30.2. The molecule has 0 radical (unpaired) electrons. The third-order valence-electron chi connectivity index (χ3n) is 24.7. The van der Waals surface area contributed by atoms with Gasteiger partial charge in [0.2, 0.25) is 70.9 Å². The highest BCUT2D eigenvalue weighted by Gasteiger charge is 2.56. The molecule has 12 amide bonds. The molecule has 4 saturated heterocycles. The fourth-order valence-electron chi connectivity index (χ4n) is 17.7. The smallest absolute Gasteiger partial charge is 0.391 e. The second kappa shape index (κ2) is 37.6. The molecule has 109 heavy (non-hydrogen) atoms. The van der Waals surface area contributed by atoms with Gasteiger partial charge in [-0.2, -0.15) is 26.3 Å². The number of likely N-dealkylation sites (N-methyl/N-ethyl adjacent to an activating group) is 6. The number of hydrogen-bond acceptors (Lipinski definition) is 14. The van der Waals surface area contributed by atoms with Crippen molar-refractivity contribution in [3.63, 3.8) is 0 Å². The third kappa shape index (κ3) is 21.2. The summed E-state index contributed by atoms with van der Waals surface area (Å²) in [6, 6.07) is -11.5. The normalized spacial score (nSPS) is 32.5. The number of nitrogens with one attached hydrogen (secondary N) is 3. The molecule has 616 valence electrons. The van der Waals surface area contributed by atoms with Crippen LogP contribution in [0, 0.1) is 41.4 Å². The lowest BCUT2D eigenvalue weighted by atomic mass is 9.74. The molecule has 1 spiro atoms. The summed E-state index contributed by atoms with van der Waals surface area (Å²) in [5.41, 5.74) is -1.74. The monoisotopic (exact) mass is 1560 g/mol. The van der Waals surface area contributed by atoms with E-state index in [2.05, 4.69) is 16.0 Å². The molecule has 0 aromatic rings. The second-order valence-corrected chi connectivity index (χ2v) is 32.8. The average Bonchev–Trinajstić information content (AvgIpc) is 1.52. The van der Waals surface area contributed by atoms with Crippen molar-refractivity contribution < 1.29 is 103 Å². The summed E-state index contributed by atoms with van der Waals surface area (Å²) in [6.45, 7) is 5.43. The number of amides is 12. The Morgan fingerprint density at radius 2 is 1.21 bits per heavy atom. The minimum Gasteiger partial charge on any atom is -0.391 e. The molecule has 4 aliphatic heterocycles. The molecule has 8 fully saturated rings. The van der Waals surface area contributed by atoms with E-state index in [0.717, 1.165) is 24.5 Å². The highest BCUT2D eigenvalue weighted by Crippen LogP contribution is 2.46. The summed E-state index contributed by atoms with van der Waals surface area (Å²) >= 11 is 0. The van der Waals surface area contributed by atoms with E-state index in [1.54, 1.807) is 13.8 Å². The van der Waals surface area contributed by atoms with Gasteiger partial charge >= 0.3 is 12.4 Å². The second-order valence-electron chi connectivity index (χ2n) is 32.8. The number of carbonyl (C=O) groups is 12. The Morgan fingerprint density at radius 1 is 0.596 bits per heavy atom. The number of morpholine rings is 1. The molecule has 4 heterocycles. The molecule has 34 heteroatoms. The first-order valence-electron chi connectivity index (χ1n) is 39.2. The predicted octanol–water partition coefficient (Wildman–Crippen LogP) is 5.30. The number of alkyl halides is 8. The lowest BCUT2D eigenvalue weighted by Crippen LogP contribution is -2.68. The molecule has 2 unspecified atom stereocenters. The number of halogens is 8. The maximum absolute atomic E-state index is 15.7. The number of rotatable bonds is 11. The van der Waals surface area contributed by atoms with Gasteiger partial charge in [0, 0.05) is 74.9 Å². The van der Waals surface area contributed by atoms with Gasteiger partial charge in [0.05, 0.1) is 44.7 Å². The summed E-state index contributed by atoms with van der Waals surface area (Å²) < 4.78 is 121. The van der Waals surface area contributed by atoms with Crippen molar-refractivity contribution in [3.05, 3.63) is 0 Å². The molecular weight excluding hydrogens is 1440 g/mol. The molecule has 8 rings (SSSR count). The van der Waals surface area contributed by atoms with Crippen molar-refractivity contribution in [2.24, 2.45) is 41.4 Å². The molecule has 4 N–H and O–H groups in total. The van der Waals surface area contributed by atoms with Crippen LogP contribution in [0.5, 0.6) is 0 Å². The number of ether oxygens (including phenoxy) is 1. The zero-order chi connectivity index (χ0) is 80.5. The van der Waals surface area contributed by atoms with Crippen LogP contribution in [0.3, 0.4) is 0 Å². The number of nitrogens with zero attached hydrogens (tertiary/aromatic N) is 9. The largest absolute Gasteiger partial charge is 0.397 e. The molecule has 4 aliphatic carbocycles. The van der Waals surface area contributed by atoms with E-state index in [1.165, 1.54) is 61.9 Å². The van der Waals surface area contributed by atoms with Crippen LogP contribution < -0.4 is 16.0 Å². The Bertz CT molecular complexity index is 3230.